The summed E-state index contributed by atoms with van der Waals surface area (Å²) in [5.74, 6) is 1.51. The first-order valence-electron chi connectivity index (χ1n) is 6.11. The van der Waals surface area contributed by atoms with Gasteiger partial charge in [-0.3, -0.25) is 0 Å². The molecule has 1 rings (SSSR count). The van der Waals surface area contributed by atoms with E-state index >= 15 is 0 Å². The lowest BCUT2D eigenvalue weighted by molar-refractivity contribution is 0.00954. The summed E-state index contributed by atoms with van der Waals surface area (Å²) in [4.78, 5) is 0. The number of hydrogen-bond acceptors (Lipinski definition) is 3. The smallest absolute Gasteiger partial charge is 0.150 e. The van der Waals surface area contributed by atoms with Gasteiger partial charge in [0.1, 0.15) is 0 Å². The van der Waals surface area contributed by atoms with Gasteiger partial charge >= 0.3 is 0 Å². The summed E-state index contributed by atoms with van der Waals surface area (Å²) in [7, 11) is -1.04. The lowest BCUT2D eigenvalue weighted by atomic mass is 9.86. The topological polar surface area (TPSA) is 43.4 Å². The molecular formula is C12H23BrO3S. The Hall–Kier alpha value is 0.390. The van der Waals surface area contributed by atoms with Crippen LogP contribution in [0.25, 0.3) is 0 Å². The molecule has 2 atom stereocenters. The molecule has 0 bridgehead atoms. The highest BCUT2D eigenvalue weighted by Crippen LogP contribution is 2.32. The van der Waals surface area contributed by atoms with Gasteiger partial charge in [0.25, 0.3) is 0 Å². The predicted molar refractivity (Wildman–Crippen MR) is 74.4 cm³/mol. The van der Waals surface area contributed by atoms with Crippen molar-refractivity contribution in [2.75, 3.05) is 23.9 Å². The van der Waals surface area contributed by atoms with E-state index in [2.05, 4.69) is 29.8 Å². The normalized spacial score (nSPS) is 26.0. The Balaban J connectivity index is 2.50. The van der Waals surface area contributed by atoms with E-state index in [9.17, 15) is 8.42 Å². The average Bonchev–Trinajstić information content (AvgIpc) is 2.60. The van der Waals surface area contributed by atoms with E-state index in [4.69, 9.17) is 4.74 Å². The van der Waals surface area contributed by atoms with E-state index in [1.807, 2.05) is 0 Å². The van der Waals surface area contributed by atoms with E-state index in [-0.39, 0.29) is 5.60 Å². The molecule has 0 N–H and O–H groups in total. The van der Waals surface area contributed by atoms with Crippen LogP contribution >= 0.6 is 15.9 Å². The average molecular weight is 327 g/mol. The minimum Gasteiger partial charge on any atom is -0.379 e. The number of methoxy groups -OCH3 is 1. The monoisotopic (exact) mass is 326 g/mol. The number of ether oxygens (including phenoxy) is 1. The third-order valence-corrected chi connectivity index (χ3v) is 6.43. The van der Waals surface area contributed by atoms with Crippen LogP contribution in [0.5, 0.6) is 0 Å². The molecule has 1 aliphatic rings. The molecule has 1 fully saturated rings. The molecule has 0 aromatic heterocycles. The standard InChI is InChI=1S/C12H23BrO3S/c1-12(2,16-3)6-4-10(8-13)11-5-7-17(14,15)9-11/h10-11H,4-9H2,1-3H3. The molecule has 5 heteroatoms. The molecule has 17 heavy (non-hydrogen) atoms. The molecule has 1 heterocycles. The summed E-state index contributed by atoms with van der Waals surface area (Å²) < 4.78 is 28.4. The Morgan fingerprint density at radius 1 is 1.47 bits per heavy atom. The second kappa shape index (κ2) is 6.02. The Bertz CT molecular complexity index is 338. The molecule has 102 valence electrons. The lowest BCUT2D eigenvalue weighted by Crippen LogP contribution is -2.26. The molecule has 1 saturated heterocycles. The van der Waals surface area contributed by atoms with Crippen molar-refractivity contribution in [3.63, 3.8) is 0 Å². The van der Waals surface area contributed by atoms with Gasteiger partial charge in [0, 0.05) is 12.4 Å². The third kappa shape index (κ3) is 4.87. The van der Waals surface area contributed by atoms with E-state index in [0.29, 0.717) is 23.3 Å². The van der Waals surface area contributed by atoms with Gasteiger partial charge in [0.05, 0.1) is 17.1 Å². The van der Waals surface area contributed by atoms with Gasteiger partial charge in [-0.25, -0.2) is 8.42 Å². The Labute approximate surface area is 113 Å². The van der Waals surface area contributed by atoms with Gasteiger partial charge in [-0.1, -0.05) is 15.9 Å². The lowest BCUT2D eigenvalue weighted by Gasteiger charge is -2.27. The van der Waals surface area contributed by atoms with Gasteiger partial charge in [-0.05, 0) is 44.9 Å². The maximum Gasteiger partial charge on any atom is 0.150 e. The summed E-state index contributed by atoms with van der Waals surface area (Å²) in [5, 5.41) is 0.882. The molecule has 0 aromatic rings. The number of halogens is 1. The first-order valence-corrected chi connectivity index (χ1v) is 9.05. The number of sulfone groups is 1. The minimum atomic E-state index is -2.76. The zero-order valence-electron chi connectivity index (χ0n) is 10.9. The van der Waals surface area contributed by atoms with E-state index in [1.165, 1.54) is 0 Å². The second-order valence-electron chi connectivity index (χ2n) is 5.58. The SMILES string of the molecule is COC(C)(C)CCC(CBr)C1CCS(=O)(=O)C1. The van der Waals surface area contributed by atoms with Crippen LogP contribution in [0.2, 0.25) is 0 Å². The van der Waals surface area contributed by atoms with Gasteiger partial charge < -0.3 is 4.74 Å². The van der Waals surface area contributed by atoms with Crippen molar-refractivity contribution in [2.24, 2.45) is 11.8 Å². The first-order chi connectivity index (χ1) is 7.79. The van der Waals surface area contributed by atoms with E-state index < -0.39 is 9.84 Å². The summed E-state index contributed by atoms with van der Waals surface area (Å²) in [5.41, 5.74) is -0.113. The molecule has 1 aliphatic heterocycles. The number of alkyl halides is 1. The minimum absolute atomic E-state index is 0.113. The van der Waals surface area contributed by atoms with Crippen LogP contribution in [0, 0.1) is 11.8 Å². The molecular weight excluding hydrogens is 304 g/mol. The maximum absolute atomic E-state index is 11.5. The quantitative estimate of drug-likeness (QED) is 0.705. The molecule has 0 aliphatic carbocycles. The molecule has 0 spiro atoms. The van der Waals surface area contributed by atoms with Crippen molar-refractivity contribution in [1.29, 1.82) is 0 Å². The van der Waals surface area contributed by atoms with Crippen molar-refractivity contribution >= 4 is 25.8 Å². The molecule has 0 saturated carbocycles. The highest BCUT2D eigenvalue weighted by atomic mass is 79.9. The van der Waals surface area contributed by atoms with Crippen molar-refractivity contribution in [3.8, 4) is 0 Å². The first kappa shape index (κ1) is 15.4. The van der Waals surface area contributed by atoms with Crippen LogP contribution in [0.3, 0.4) is 0 Å². The van der Waals surface area contributed by atoms with Crippen LogP contribution < -0.4 is 0 Å². The fraction of sp³-hybridized carbons (Fsp3) is 1.00. The van der Waals surface area contributed by atoms with Crippen LogP contribution in [-0.4, -0.2) is 38.0 Å². The van der Waals surface area contributed by atoms with Crippen LogP contribution in [-0.2, 0) is 14.6 Å². The van der Waals surface area contributed by atoms with Gasteiger partial charge in [0.15, 0.2) is 9.84 Å². The molecule has 0 amide bonds. The highest BCUT2D eigenvalue weighted by Gasteiger charge is 2.33. The summed E-state index contributed by atoms with van der Waals surface area (Å²) in [6, 6.07) is 0. The maximum atomic E-state index is 11.5. The largest absolute Gasteiger partial charge is 0.379 e. The fourth-order valence-electron chi connectivity index (χ4n) is 2.27. The predicted octanol–water partition coefficient (Wildman–Crippen LogP) is 2.64. The zero-order chi connectivity index (χ0) is 13.1. The van der Waals surface area contributed by atoms with Crippen molar-refractivity contribution in [1.82, 2.24) is 0 Å². The van der Waals surface area contributed by atoms with Crippen LogP contribution in [0.1, 0.15) is 33.1 Å². The van der Waals surface area contributed by atoms with E-state index in [1.54, 1.807) is 7.11 Å². The van der Waals surface area contributed by atoms with Gasteiger partial charge in [0.2, 0.25) is 0 Å². The Morgan fingerprint density at radius 3 is 2.53 bits per heavy atom. The zero-order valence-corrected chi connectivity index (χ0v) is 13.3. The van der Waals surface area contributed by atoms with Gasteiger partial charge in [-0.15, -0.1) is 0 Å². The van der Waals surface area contributed by atoms with E-state index in [0.717, 1.165) is 24.6 Å². The Kier molecular flexibility index (Phi) is 5.47. The molecule has 0 radical (unpaired) electrons. The highest BCUT2D eigenvalue weighted by molar-refractivity contribution is 9.09. The van der Waals surface area contributed by atoms with Crippen LogP contribution in [0.15, 0.2) is 0 Å². The van der Waals surface area contributed by atoms with Gasteiger partial charge in [-0.2, -0.15) is 0 Å². The number of rotatable bonds is 6. The van der Waals surface area contributed by atoms with Crippen molar-refractivity contribution in [2.45, 2.75) is 38.7 Å². The van der Waals surface area contributed by atoms with Crippen LogP contribution in [0.4, 0.5) is 0 Å². The van der Waals surface area contributed by atoms with Crippen molar-refractivity contribution in [3.05, 3.63) is 0 Å². The number of hydrogen-bond donors (Lipinski definition) is 0. The molecule has 2 unspecified atom stereocenters. The van der Waals surface area contributed by atoms with Crippen molar-refractivity contribution < 1.29 is 13.2 Å². The molecule has 0 aromatic carbocycles. The Morgan fingerprint density at radius 2 is 2.12 bits per heavy atom. The summed E-state index contributed by atoms with van der Waals surface area (Å²) in [6.45, 7) is 4.15. The fourth-order valence-corrected chi connectivity index (χ4v) is 5.04. The summed E-state index contributed by atoms with van der Waals surface area (Å²) >= 11 is 3.52. The second-order valence-corrected chi connectivity index (χ2v) is 8.46. The summed E-state index contributed by atoms with van der Waals surface area (Å²) in [6.07, 6.45) is 2.81. The molecule has 3 nitrogen and oxygen atoms in total. The third-order valence-electron chi connectivity index (χ3n) is 3.80.